The Bertz CT molecular complexity index is 482. The van der Waals surface area contributed by atoms with Gasteiger partial charge < -0.3 is 14.7 Å². The van der Waals surface area contributed by atoms with Crippen LogP contribution >= 0.6 is 0 Å². The summed E-state index contributed by atoms with van der Waals surface area (Å²) in [5.74, 6) is 0.915. The van der Waals surface area contributed by atoms with Crippen LogP contribution in [0.2, 0.25) is 0 Å². The van der Waals surface area contributed by atoms with Crippen LogP contribution in [0.3, 0.4) is 0 Å². The molecule has 1 aliphatic heterocycles. The van der Waals surface area contributed by atoms with Crippen LogP contribution in [0.25, 0.3) is 0 Å². The van der Waals surface area contributed by atoms with Gasteiger partial charge in [-0.1, -0.05) is 12.1 Å². The Labute approximate surface area is 126 Å². The molecule has 1 aromatic carbocycles. The van der Waals surface area contributed by atoms with Crippen LogP contribution in [-0.2, 0) is 11.3 Å². The fourth-order valence-corrected chi connectivity index (χ4v) is 2.34. The summed E-state index contributed by atoms with van der Waals surface area (Å²) >= 11 is 0. The van der Waals surface area contributed by atoms with E-state index in [4.69, 9.17) is 14.7 Å². The molecule has 1 fully saturated rings. The minimum Gasteiger partial charge on any atom is -0.493 e. The smallest absolute Gasteiger partial charge is 0.123 e. The molecule has 1 heterocycles. The molecule has 0 radical (unpaired) electrons. The van der Waals surface area contributed by atoms with Crippen LogP contribution in [0.1, 0.15) is 31.4 Å². The Morgan fingerprint density at radius 2 is 2.14 bits per heavy atom. The van der Waals surface area contributed by atoms with Crippen molar-refractivity contribution >= 4 is 5.71 Å². The van der Waals surface area contributed by atoms with E-state index in [1.165, 1.54) is 0 Å². The Kier molecular flexibility index (Phi) is 6.02. The van der Waals surface area contributed by atoms with Gasteiger partial charge in [-0.25, -0.2) is 0 Å². The second-order valence-electron chi connectivity index (χ2n) is 5.24. The van der Waals surface area contributed by atoms with Crippen molar-refractivity contribution in [2.45, 2.75) is 26.8 Å². The van der Waals surface area contributed by atoms with Crippen molar-refractivity contribution in [3.05, 3.63) is 29.3 Å². The fourth-order valence-electron chi connectivity index (χ4n) is 2.34. The summed E-state index contributed by atoms with van der Waals surface area (Å²) in [5, 5.41) is 12.2. The van der Waals surface area contributed by atoms with E-state index < -0.39 is 0 Å². The van der Waals surface area contributed by atoms with Gasteiger partial charge in [-0.2, -0.15) is 0 Å². The van der Waals surface area contributed by atoms with Crippen LogP contribution < -0.4 is 4.74 Å². The molecule has 0 saturated carbocycles. The van der Waals surface area contributed by atoms with Gasteiger partial charge in [-0.15, -0.1) is 0 Å². The Morgan fingerprint density at radius 1 is 1.38 bits per heavy atom. The standard InChI is InChI=1S/C16H24N2O3/c1-3-8-21-16-5-4-14(13(2)17-19)11-15(16)12-18-6-9-20-10-7-18/h4-5,11,19H,3,6-10,12H2,1-2H3/b17-13+. The lowest BCUT2D eigenvalue weighted by Gasteiger charge is -2.27. The fraction of sp³-hybridized carbons (Fsp3) is 0.562. The van der Waals surface area contributed by atoms with E-state index in [-0.39, 0.29) is 0 Å². The number of hydrogen-bond donors (Lipinski definition) is 1. The molecule has 0 aromatic heterocycles. The Hall–Kier alpha value is -1.59. The third-order valence-corrected chi connectivity index (χ3v) is 3.59. The van der Waals surface area contributed by atoms with Gasteiger partial charge in [-0.05, 0) is 37.1 Å². The number of benzene rings is 1. The van der Waals surface area contributed by atoms with E-state index in [9.17, 15) is 0 Å². The minimum atomic E-state index is 0.611. The molecule has 0 amide bonds. The van der Waals surface area contributed by atoms with Gasteiger partial charge in [-0.3, -0.25) is 4.90 Å². The SMILES string of the molecule is CCCOc1ccc(/C(C)=N/O)cc1CN1CCOCC1. The van der Waals surface area contributed by atoms with Crippen molar-refractivity contribution in [2.75, 3.05) is 32.9 Å². The molecule has 1 N–H and O–H groups in total. The van der Waals surface area contributed by atoms with Crippen LogP contribution in [-0.4, -0.2) is 48.7 Å². The molecule has 0 atom stereocenters. The second-order valence-corrected chi connectivity index (χ2v) is 5.24. The minimum absolute atomic E-state index is 0.611. The molecule has 0 unspecified atom stereocenters. The van der Waals surface area contributed by atoms with Crippen LogP contribution in [0.15, 0.2) is 23.4 Å². The quantitative estimate of drug-likeness (QED) is 0.497. The number of nitrogens with zero attached hydrogens (tertiary/aromatic N) is 2. The van der Waals surface area contributed by atoms with E-state index in [0.717, 1.165) is 56.1 Å². The van der Waals surface area contributed by atoms with Gasteiger partial charge in [0.15, 0.2) is 0 Å². The zero-order chi connectivity index (χ0) is 15.1. The summed E-state index contributed by atoms with van der Waals surface area (Å²) in [6.45, 7) is 8.86. The van der Waals surface area contributed by atoms with E-state index in [1.807, 2.05) is 12.1 Å². The zero-order valence-electron chi connectivity index (χ0n) is 12.8. The van der Waals surface area contributed by atoms with E-state index >= 15 is 0 Å². The van der Waals surface area contributed by atoms with Crippen LogP contribution in [0.5, 0.6) is 5.75 Å². The monoisotopic (exact) mass is 292 g/mol. The number of ether oxygens (including phenoxy) is 2. The summed E-state index contributed by atoms with van der Waals surface area (Å²) in [7, 11) is 0. The number of rotatable bonds is 6. The average Bonchev–Trinajstić information content (AvgIpc) is 2.54. The third kappa shape index (κ3) is 4.44. The lowest BCUT2D eigenvalue weighted by atomic mass is 10.1. The average molecular weight is 292 g/mol. The maximum absolute atomic E-state index is 8.94. The molecular formula is C16H24N2O3. The lowest BCUT2D eigenvalue weighted by Crippen LogP contribution is -2.35. The van der Waals surface area contributed by atoms with Gasteiger partial charge in [0, 0.05) is 25.2 Å². The van der Waals surface area contributed by atoms with Gasteiger partial charge in [0.25, 0.3) is 0 Å². The second kappa shape index (κ2) is 8.00. The van der Waals surface area contributed by atoms with E-state index in [1.54, 1.807) is 6.92 Å². The summed E-state index contributed by atoms with van der Waals surface area (Å²) in [6, 6.07) is 5.95. The first-order valence-electron chi connectivity index (χ1n) is 7.49. The molecule has 0 bridgehead atoms. The first kappa shape index (κ1) is 15.8. The molecule has 0 aliphatic carbocycles. The molecular weight excluding hydrogens is 268 g/mol. The topological polar surface area (TPSA) is 54.3 Å². The maximum Gasteiger partial charge on any atom is 0.123 e. The summed E-state index contributed by atoms with van der Waals surface area (Å²) in [5.41, 5.74) is 2.66. The predicted molar refractivity (Wildman–Crippen MR) is 82.3 cm³/mol. The zero-order valence-corrected chi connectivity index (χ0v) is 12.8. The molecule has 2 rings (SSSR count). The molecule has 21 heavy (non-hydrogen) atoms. The molecule has 1 aliphatic rings. The summed E-state index contributed by atoms with van der Waals surface area (Å²) in [4.78, 5) is 2.35. The molecule has 116 valence electrons. The van der Waals surface area contributed by atoms with Gasteiger partial charge in [0.2, 0.25) is 0 Å². The first-order valence-corrected chi connectivity index (χ1v) is 7.49. The number of hydrogen-bond acceptors (Lipinski definition) is 5. The predicted octanol–water partition coefficient (Wildman–Crippen LogP) is 2.51. The van der Waals surface area contributed by atoms with E-state index in [2.05, 4.69) is 23.0 Å². The largest absolute Gasteiger partial charge is 0.493 e. The van der Waals surface area contributed by atoms with Gasteiger partial charge in [0.05, 0.1) is 25.5 Å². The molecule has 5 heteroatoms. The van der Waals surface area contributed by atoms with Crippen molar-refractivity contribution in [2.24, 2.45) is 5.16 Å². The van der Waals surface area contributed by atoms with Crippen LogP contribution in [0, 0.1) is 0 Å². The highest BCUT2D eigenvalue weighted by Crippen LogP contribution is 2.23. The number of morpholine rings is 1. The Balaban J connectivity index is 2.19. The van der Waals surface area contributed by atoms with Crippen molar-refractivity contribution in [3.8, 4) is 5.75 Å². The lowest BCUT2D eigenvalue weighted by molar-refractivity contribution is 0.0338. The Morgan fingerprint density at radius 3 is 2.81 bits per heavy atom. The molecule has 5 nitrogen and oxygen atoms in total. The van der Waals surface area contributed by atoms with Crippen molar-refractivity contribution in [3.63, 3.8) is 0 Å². The summed E-state index contributed by atoms with van der Waals surface area (Å²) in [6.07, 6.45) is 0.982. The highest BCUT2D eigenvalue weighted by atomic mass is 16.5. The van der Waals surface area contributed by atoms with Gasteiger partial charge >= 0.3 is 0 Å². The highest BCUT2D eigenvalue weighted by molar-refractivity contribution is 5.98. The maximum atomic E-state index is 8.94. The highest BCUT2D eigenvalue weighted by Gasteiger charge is 2.14. The normalized spacial score (nSPS) is 17.0. The first-order chi connectivity index (χ1) is 10.2. The van der Waals surface area contributed by atoms with E-state index in [0.29, 0.717) is 12.3 Å². The van der Waals surface area contributed by atoms with Gasteiger partial charge in [0.1, 0.15) is 5.75 Å². The summed E-state index contributed by atoms with van der Waals surface area (Å²) < 4.78 is 11.2. The molecule has 1 aromatic rings. The van der Waals surface area contributed by atoms with Crippen molar-refractivity contribution < 1.29 is 14.7 Å². The molecule has 0 spiro atoms. The third-order valence-electron chi connectivity index (χ3n) is 3.59. The van der Waals surface area contributed by atoms with Crippen molar-refractivity contribution in [1.29, 1.82) is 0 Å². The number of oxime groups is 1. The molecule has 1 saturated heterocycles. The van der Waals surface area contributed by atoms with Crippen molar-refractivity contribution in [1.82, 2.24) is 4.90 Å². The van der Waals surface area contributed by atoms with Crippen LogP contribution in [0.4, 0.5) is 0 Å².